The van der Waals surface area contributed by atoms with Gasteiger partial charge in [-0.3, -0.25) is 4.79 Å². The summed E-state index contributed by atoms with van der Waals surface area (Å²) < 4.78 is 0. The Morgan fingerprint density at radius 1 is 1.11 bits per heavy atom. The quantitative estimate of drug-likeness (QED) is 0.737. The van der Waals surface area contributed by atoms with E-state index in [1.165, 1.54) is 0 Å². The fraction of sp³-hybridized carbons (Fsp3) is 0.133. The van der Waals surface area contributed by atoms with Gasteiger partial charge in [-0.05, 0) is 49.2 Å². The molecule has 0 bridgehead atoms. The second-order valence-electron chi connectivity index (χ2n) is 4.63. The van der Waals surface area contributed by atoms with Crippen LogP contribution in [0.4, 0.5) is 17.1 Å². The first-order valence-electron chi connectivity index (χ1n) is 6.01. The first-order chi connectivity index (χ1) is 8.97. The maximum atomic E-state index is 11.2. The van der Waals surface area contributed by atoms with Crippen LogP contribution in [0.5, 0.6) is 0 Å². The van der Waals surface area contributed by atoms with Crippen molar-refractivity contribution in [3.8, 4) is 0 Å². The molecular formula is C15H17N3O. The molecule has 1 amide bonds. The first kappa shape index (κ1) is 13.0. The second kappa shape index (κ2) is 5.02. The van der Waals surface area contributed by atoms with Crippen LogP contribution in [0.15, 0.2) is 36.4 Å². The van der Waals surface area contributed by atoms with Crippen molar-refractivity contribution in [3.05, 3.63) is 53.1 Å². The first-order valence-corrected chi connectivity index (χ1v) is 6.01. The lowest BCUT2D eigenvalue weighted by Gasteiger charge is -2.12. The van der Waals surface area contributed by atoms with Gasteiger partial charge in [0, 0.05) is 5.69 Å². The zero-order valence-corrected chi connectivity index (χ0v) is 11.0. The van der Waals surface area contributed by atoms with Crippen LogP contribution in [0, 0.1) is 13.8 Å². The Morgan fingerprint density at radius 3 is 2.32 bits per heavy atom. The van der Waals surface area contributed by atoms with Gasteiger partial charge >= 0.3 is 0 Å². The molecule has 0 aliphatic heterocycles. The molecule has 4 nitrogen and oxygen atoms in total. The molecule has 2 aromatic carbocycles. The summed E-state index contributed by atoms with van der Waals surface area (Å²) in [7, 11) is 0. The second-order valence-corrected chi connectivity index (χ2v) is 4.63. The standard InChI is InChI=1S/C15H17N3O/c1-9-6-10(2)8-11(7-9)18-13-5-3-4-12(14(13)16)15(17)19/h3-8,18H,16H2,1-2H3,(H2,17,19). The monoisotopic (exact) mass is 255 g/mol. The van der Waals surface area contributed by atoms with Crippen LogP contribution in [-0.2, 0) is 0 Å². The van der Waals surface area contributed by atoms with Crippen molar-refractivity contribution in [3.63, 3.8) is 0 Å². The normalized spacial score (nSPS) is 10.2. The van der Waals surface area contributed by atoms with Gasteiger partial charge in [-0.1, -0.05) is 12.1 Å². The van der Waals surface area contributed by atoms with E-state index in [-0.39, 0.29) is 0 Å². The van der Waals surface area contributed by atoms with E-state index in [0.717, 1.165) is 16.8 Å². The van der Waals surface area contributed by atoms with Gasteiger partial charge in [0.25, 0.3) is 5.91 Å². The van der Waals surface area contributed by atoms with E-state index in [2.05, 4.69) is 11.4 Å². The van der Waals surface area contributed by atoms with Gasteiger partial charge in [0.1, 0.15) is 0 Å². The lowest BCUT2D eigenvalue weighted by atomic mass is 10.1. The summed E-state index contributed by atoms with van der Waals surface area (Å²) in [6.45, 7) is 4.06. The van der Waals surface area contributed by atoms with Gasteiger partial charge < -0.3 is 16.8 Å². The summed E-state index contributed by atoms with van der Waals surface area (Å²) in [5.41, 5.74) is 15.9. The molecule has 19 heavy (non-hydrogen) atoms. The molecule has 5 N–H and O–H groups in total. The van der Waals surface area contributed by atoms with Gasteiger partial charge in [0.05, 0.1) is 16.9 Å². The number of hydrogen-bond donors (Lipinski definition) is 3. The summed E-state index contributed by atoms with van der Waals surface area (Å²) in [6, 6.07) is 11.3. The van der Waals surface area contributed by atoms with Crippen LogP contribution in [0.2, 0.25) is 0 Å². The molecule has 0 atom stereocenters. The molecule has 0 aromatic heterocycles. The zero-order valence-electron chi connectivity index (χ0n) is 11.0. The van der Waals surface area contributed by atoms with E-state index in [9.17, 15) is 4.79 Å². The Bertz CT molecular complexity index is 615. The smallest absolute Gasteiger partial charge is 0.250 e. The molecule has 4 heteroatoms. The summed E-state index contributed by atoms with van der Waals surface area (Å²) in [5, 5.41) is 3.22. The fourth-order valence-electron chi connectivity index (χ4n) is 2.09. The summed E-state index contributed by atoms with van der Waals surface area (Å²) >= 11 is 0. The van der Waals surface area contributed by atoms with Crippen molar-refractivity contribution in [2.75, 3.05) is 11.1 Å². The van der Waals surface area contributed by atoms with Crippen LogP contribution < -0.4 is 16.8 Å². The van der Waals surface area contributed by atoms with Crippen molar-refractivity contribution < 1.29 is 4.79 Å². The van der Waals surface area contributed by atoms with Crippen molar-refractivity contribution in [1.82, 2.24) is 0 Å². The third-order valence-corrected chi connectivity index (χ3v) is 2.87. The number of nitrogen functional groups attached to an aromatic ring is 1. The molecule has 0 aliphatic carbocycles. The van der Waals surface area contributed by atoms with E-state index in [0.29, 0.717) is 16.9 Å². The highest BCUT2D eigenvalue weighted by atomic mass is 16.1. The average Bonchev–Trinajstić information content (AvgIpc) is 2.30. The maximum absolute atomic E-state index is 11.2. The minimum atomic E-state index is -0.526. The number of nitrogens with one attached hydrogen (secondary N) is 1. The summed E-state index contributed by atoms with van der Waals surface area (Å²) in [4.78, 5) is 11.2. The van der Waals surface area contributed by atoms with E-state index in [1.807, 2.05) is 32.0 Å². The Morgan fingerprint density at radius 2 is 1.74 bits per heavy atom. The molecule has 0 unspecified atom stereocenters. The molecule has 0 saturated carbocycles. The Hall–Kier alpha value is -2.49. The number of benzene rings is 2. The van der Waals surface area contributed by atoms with Crippen LogP contribution >= 0.6 is 0 Å². The SMILES string of the molecule is Cc1cc(C)cc(Nc2cccc(C(N)=O)c2N)c1. The van der Waals surface area contributed by atoms with Crippen molar-refractivity contribution in [1.29, 1.82) is 0 Å². The number of carbonyl (C=O) groups is 1. The number of anilines is 3. The Kier molecular flexibility index (Phi) is 3.42. The highest BCUT2D eigenvalue weighted by Gasteiger charge is 2.09. The third kappa shape index (κ3) is 2.85. The highest BCUT2D eigenvalue weighted by molar-refractivity contribution is 6.01. The van der Waals surface area contributed by atoms with E-state index in [4.69, 9.17) is 11.5 Å². The maximum Gasteiger partial charge on any atom is 0.250 e. The van der Waals surface area contributed by atoms with Gasteiger partial charge in [-0.15, -0.1) is 0 Å². The average molecular weight is 255 g/mol. The van der Waals surface area contributed by atoms with Crippen LogP contribution in [0.1, 0.15) is 21.5 Å². The number of rotatable bonds is 3. The van der Waals surface area contributed by atoms with E-state index in [1.54, 1.807) is 12.1 Å². The predicted octanol–water partition coefficient (Wildman–Crippen LogP) is 2.73. The van der Waals surface area contributed by atoms with Crippen LogP contribution in [0.25, 0.3) is 0 Å². The molecule has 0 radical (unpaired) electrons. The molecule has 0 fully saturated rings. The molecule has 0 saturated heterocycles. The van der Waals surface area contributed by atoms with Gasteiger partial charge in [-0.25, -0.2) is 0 Å². The molecule has 0 aliphatic rings. The number of aryl methyl sites for hydroxylation is 2. The highest BCUT2D eigenvalue weighted by Crippen LogP contribution is 2.27. The molecule has 0 heterocycles. The lowest BCUT2D eigenvalue weighted by molar-refractivity contribution is 0.100. The summed E-state index contributed by atoms with van der Waals surface area (Å²) in [6.07, 6.45) is 0. The molecule has 0 spiro atoms. The minimum Gasteiger partial charge on any atom is -0.396 e. The Balaban J connectivity index is 2.38. The zero-order chi connectivity index (χ0) is 14.0. The number of carbonyl (C=O) groups excluding carboxylic acids is 1. The Labute approximate surface area is 112 Å². The molecular weight excluding hydrogens is 238 g/mol. The largest absolute Gasteiger partial charge is 0.396 e. The number of para-hydroxylation sites is 1. The van der Waals surface area contributed by atoms with Crippen LogP contribution in [0.3, 0.4) is 0 Å². The van der Waals surface area contributed by atoms with Crippen molar-refractivity contribution in [2.45, 2.75) is 13.8 Å². The number of hydrogen-bond acceptors (Lipinski definition) is 3. The number of amides is 1. The number of nitrogens with two attached hydrogens (primary N) is 2. The lowest BCUT2D eigenvalue weighted by Crippen LogP contribution is -2.14. The molecule has 2 rings (SSSR count). The van der Waals surface area contributed by atoms with E-state index >= 15 is 0 Å². The minimum absolute atomic E-state index is 0.328. The third-order valence-electron chi connectivity index (χ3n) is 2.87. The fourth-order valence-corrected chi connectivity index (χ4v) is 2.09. The topological polar surface area (TPSA) is 81.1 Å². The molecule has 2 aromatic rings. The summed E-state index contributed by atoms with van der Waals surface area (Å²) in [5.74, 6) is -0.526. The van der Waals surface area contributed by atoms with Crippen molar-refractivity contribution >= 4 is 23.0 Å². The van der Waals surface area contributed by atoms with Gasteiger partial charge in [-0.2, -0.15) is 0 Å². The van der Waals surface area contributed by atoms with Gasteiger partial charge in [0.2, 0.25) is 0 Å². The van der Waals surface area contributed by atoms with Crippen LogP contribution in [-0.4, -0.2) is 5.91 Å². The molecule has 98 valence electrons. The van der Waals surface area contributed by atoms with E-state index < -0.39 is 5.91 Å². The van der Waals surface area contributed by atoms with Crippen molar-refractivity contribution in [2.24, 2.45) is 5.73 Å². The van der Waals surface area contributed by atoms with Gasteiger partial charge in [0.15, 0.2) is 0 Å². The predicted molar refractivity (Wildman–Crippen MR) is 78.6 cm³/mol. The number of primary amides is 1.